The van der Waals surface area contributed by atoms with Crippen molar-refractivity contribution in [1.29, 1.82) is 0 Å². The fourth-order valence-electron chi connectivity index (χ4n) is 3.65. The van der Waals surface area contributed by atoms with E-state index < -0.39 is 0 Å². The summed E-state index contributed by atoms with van der Waals surface area (Å²) in [5, 5.41) is 4.34. The number of halogens is 2. The van der Waals surface area contributed by atoms with Crippen molar-refractivity contribution in [3.05, 3.63) is 56.9 Å². The maximum absolute atomic E-state index is 13.7. The smallest absolute Gasteiger partial charge is 0.252 e. The standard InChI is InChI=1S/C18H19FIN5/c1-12-5-17(25-18(23-12)21-11-22-25)14-3-2-4-24(10-14)9-13-6-15(19)8-16(20)7-13/h5-8,11,14H,2-4,9-10H2,1H3. The third-order valence-corrected chi connectivity index (χ3v) is 5.28. The van der Waals surface area contributed by atoms with Crippen LogP contribution in [0.1, 0.15) is 35.7 Å². The van der Waals surface area contributed by atoms with Gasteiger partial charge in [-0.1, -0.05) is 0 Å². The Morgan fingerprint density at radius 2 is 2.16 bits per heavy atom. The second-order valence-corrected chi connectivity index (χ2v) is 7.89. The number of benzene rings is 1. The Kier molecular flexibility index (Phi) is 4.68. The molecule has 7 heteroatoms. The highest BCUT2D eigenvalue weighted by molar-refractivity contribution is 14.1. The van der Waals surface area contributed by atoms with Crippen LogP contribution < -0.4 is 0 Å². The van der Waals surface area contributed by atoms with Crippen molar-refractivity contribution in [3.63, 3.8) is 0 Å². The van der Waals surface area contributed by atoms with Crippen molar-refractivity contribution in [1.82, 2.24) is 24.5 Å². The molecule has 1 aromatic carbocycles. The summed E-state index contributed by atoms with van der Waals surface area (Å²) in [6.07, 6.45) is 3.80. The van der Waals surface area contributed by atoms with Gasteiger partial charge in [-0.25, -0.2) is 13.9 Å². The minimum Gasteiger partial charge on any atom is -0.298 e. The van der Waals surface area contributed by atoms with Gasteiger partial charge in [0.15, 0.2) is 0 Å². The van der Waals surface area contributed by atoms with Gasteiger partial charge in [-0.3, -0.25) is 4.90 Å². The van der Waals surface area contributed by atoms with Crippen molar-refractivity contribution in [2.45, 2.75) is 32.2 Å². The predicted molar refractivity (Wildman–Crippen MR) is 102 cm³/mol. The number of aromatic nitrogens is 4. The summed E-state index contributed by atoms with van der Waals surface area (Å²) in [7, 11) is 0. The van der Waals surface area contributed by atoms with E-state index in [2.05, 4.69) is 54.7 Å². The van der Waals surface area contributed by atoms with Crippen molar-refractivity contribution in [2.24, 2.45) is 0 Å². The van der Waals surface area contributed by atoms with Gasteiger partial charge in [-0.05, 0) is 78.7 Å². The first-order valence-corrected chi connectivity index (χ1v) is 9.51. The van der Waals surface area contributed by atoms with Gasteiger partial charge in [0.25, 0.3) is 5.78 Å². The fourth-order valence-corrected chi connectivity index (χ4v) is 4.35. The Morgan fingerprint density at radius 3 is 3.00 bits per heavy atom. The average Bonchev–Trinajstić information content (AvgIpc) is 3.01. The molecule has 0 saturated carbocycles. The van der Waals surface area contributed by atoms with Gasteiger partial charge in [0.2, 0.25) is 0 Å². The highest BCUT2D eigenvalue weighted by Gasteiger charge is 2.24. The molecule has 0 N–H and O–H groups in total. The predicted octanol–water partition coefficient (Wildman–Crippen LogP) is 3.56. The molecule has 5 nitrogen and oxygen atoms in total. The van der Waals surface area contributed by atoms with E-state index in [-0.39, 0.29) is 5.82 Å². The molecule has 25 heavy (non-hydrogen) atoms. The first-order chi connectivity index (χ1) is 12.1. The molecule has 0 bridgehead atoms. The molecule has 4 rings (SSSR count). The lowest BCUT2D eigenvalue weighted by Gasteiger charge is -2.33. The van der Waals surface area contributed by atoms with Crippen LogP contribution in [-0.4, -0.2) is 37.6 Å². The molecule has 1 fully saturated rings. The summed E-state index contributed by atoms with van der Waals surface area (Å²) < 4.78 is 16.5. The number of aryl methyl sites for hydroxylation is 1. The molecule has 0 spiro atoms. The van der Waals surface area contributed by atoms with Gasteiger partial charge >= 0.3 is 0 Å². The number of nitrogens with zero attached hydrogens (tertiary/aromatic N) is 5. The first-order valence-electron chi connectivity index (χ1n) is 8.43. The molecule has 1 aliphatic heterocycles. The molecular weight excluding hydrogens is 432 g/mol. The zero-order chi connectivity index (χ0) is 17.4. The zero-order valence-corrected chi connectivity index (χ0v) is 16.1. The van der Waals surface area contributed by atoms with Crippen LogP contribution in [0.15, 0.2) is 30.6 Å². The molecule has 0 aliphatic carbocycles. The number of piperidine rings is 1. The van der Waals surface area contributed by atoms with Gasteiger partial charge in [0, 0.05) is 28.3 Å². The SMILES string of the molecule is Cc1cc(C2CCCN(Cc3cc(F)cc(I)c3)C2)n2ncnc2n1. The molecule has 0 radical (unpaired) electrons. The summed E-state index contributed by atoms with van der Waals surface area (Å²) in [6.45, 7) is 4.74. The van der Waals surface area contributed by atoms with Crippen molar-refractivity contribution in [3.8, 4) is 0 Å². The molecule has 1 aliphatic rings. The van der Waals surface area contributed by atoms with Gasteiger partial charge in [-0.15, -0.1) is 0 Å². The van der Waals surface area contributed by atoms with E-state index in [1.54, 1.807) is 18.5 Å². The zero-order valence-electron chi connectivity index (χ0n) is 14.0. The quantitative estimate of drug-likeness (QED) is 0.572. The van der Waals surface area contributed by atoms with E-state index >= 15 is 0 Å². The molecule has 2 aromatic heterocycles. The van der Waals surface area contributed by atoms with Gasteiger partial charge in [0.05, 0.1) is 5.69 Å². The van der Waals surface area contributed by atoms with Crippen molar-refractivity contribution in [2.75, 3.05) is 13.1 Å². The van der Waals surface area contributed by atoms with Crippen LogP contribution in [0.4, 0.5) is 4.39 Å². The van der Waals surface area contributed by atoms with E-state index in [0.29, 0.717) is 11.7 Å². The highest BCUT2D eigenvalue weighted by Crippen LogP contribution is 2.28. The van der Waals surface area contributed by atoms with E-state index in [4.69, 9.17) is 0 Å². The molecule has 1 atom stereocenters. The Bertz CT molecular complexity index is 889. The highest BCUT2D eigenvalue weighted by atomic mass is 127. The first kappa shape index (κ1) is 16.8. The maximum Gasteiger partial charge on any atom is 0.252 e. The average molecular weight is 451 g/mol. The summed E-state index contributed by atoms with van der Waals surface area (Å²) in [4.78, 5) is 11.1. The molecule has 3 aromatic rings. The molecule has 1 unspecified atom stereocenters. The summed E-state index contributed by atoms with van der Waals surface area (Å²) in [5.74, 6) is 0.878. The second kappa shape index (κ2) is 6.95. The third kappa shape index (κ3) is 3.67. The topological polar surface area (TPSA) is 46.3 Å². The normalized spacial score (nSPS) is 18.8. The van der Waals surface area contributed by atoms with E-state index in [0.717, 1.165) is 47.3 Å². The lowest BCUT2D eigenvalue weighted by Crippen LogP contribution is -2.34. The summed E-state index contributed by atoms with van der Waals surface area (Å²) >= 11 is 2.17. The monoisotopic (exact) mass is 451 g/mol. The number of fused-ring (bicyclic) bond motifs is 1. The van der Waals surface area contributed by atoms with Crippen LogP contribution in [0.3, 0.4) is 0 Å². The number of hydrogen-bond donors (Lipinski definition) is 0. The third-order valence-electron chi connectivity index (χ3n) is 4.66. The van der Waals surface area contributed by atoms with Gasteiger partial charge in [0.1, 0.15) is 12.1 Å². The van der Waals surface area contributed by atoms with Crippen LogP contribution >= 0.6 is 22.6 Å². The number of rotatable bonds is 3. The minimum absolute atomic E-state index is 0.162. The van der Waals surface area contributed by atoms with Crippen LogP contribution in [0, 0.1) is 16.3 Å². The van der Waals surface area contributed by atoms with E-state index in [1.165, 1.54) is 5.69 Å². The lowest BCUT2D eigenvalue weighted by molar-refractivity contribution is 0.197. The molecular formula is C18H19FIN5. The van der Waals surface area contributed by atoms with E-state index in [9.17, 15) is 4.39 Å². The number of hydrogen-bond acceptors (Lipinski definition) is 4. The fraction of sp³-hybridized carbons (Fsp3) is 0.389. The Morgan fingerprint density at radius 1 is 1.28 bits per heavy atom. The molecule has 3 heterocycles. The maximum atomic E-state index is 13.7. The summed E-state index contributed by atoms with van der Waals surface area (Å²) in [6, 6.07) is 7.36. The van der Waals surface area contributed by atoms with Crippen LogP contribution in [-0.2, 0) is 6.54 Å². The van der Waals surface area contributed by atoms with Crippen LogP contribution in [0.5, 0.6) is 0 Å². The van der Waals surface area contributed by atoms with Gasteiger partial charge < -0.3 is 0 Å². The van der Waals surface area contributed by atoms with Crippen molar-refractivity contribution >= 4 is 28.4 Å². The van der Waals surface area contributed by atoms with Crippen LogP contribution in [0.2, 0.25) is 0 Å². The molecule has 0 amide bonds. The Balaban J connectivity index is 1.57. The Labute approximate surface area is 159 Å². The van der Waals surface area contributed by atoms with E-state index in [1.807, 2.05) is 11.4 Å². The number of likely N-dealkylation sites (tertiary alicyclic amines) is 1. The molecule has 1 saturated heterocycles. The Hall–Kier alpha value is -1.61. The second-order valence-electron chi connectivity index (χ2n) is 6.65. The van der Waals surface area contributed by atoms with Gasteiger partial charge in [-0.2, -0.15) is 10.1 Å². The summed E-state index contributed by atoms with van der Waals surface area (Å²) in [5.41, 5.74) is 3.16. The lowest BCUT2D eigenvalue weighted by atomic mass is 9.93. The largest absolute Gasteiger partial charge is 0.298 e. The van der Waals surface area contributed by atoms with Crippen molar-refractivity contribution < 1.29 is 4.39 Å². The molecule has 130 valence electrons. The minimum atomic E-state index is -0.162. The van der Waals surface area contributed by atoms with Crippen LogP contribution in [0.25, 0.3) is 5.78 Å².